The van der Waals surface area contributed by atoms with E-state index in [0.717, 1.165) is 0 Å². The van der Waals surface area contributed by atoms with Crippen LogP contribution in [0.4, 0.5) is 0 Å². The van der Waals surface area contributed by atoms with Crippen molar-refractivity contribution in [3.8, 4) is 0 Å². The van der Waals surface area contributed by atoms with E-state index in [0.29, 0.717) is 0 Å². The fraction of sp³-hybridized carbons (Fsp3) is 0.333. The summed E-state index contributed by atoms with van der Waals surface area (Å²) in [6, 6.07) is 0. The van der Waals surface area contributed by atoms with Crippen molar-refractivity contribution in [2.45, 2.75) is 12.4 Å². The first-order valence-electron chi connectivity index (χ1n) is 2.61. The van der Waals surface area contributed by atoms with Gasteiger partial charge in [0.1, 0.15) is 6.10 Å². The molecule has 0 aromatic rings. The molecule has 2 heterocycles. The Morgan fingerprint density at radius 1 is 1.25 bits per heavy atom. The minimum atomic E-state index is 0.0185. The lowest BCUT2D eigenvalue weighted by Gasteiger charge is -1.86. The van der Waals surface area contributed by atoms with Crippen LogP contribution in [-0.4, -0.2) is 12.4 Å². The average molecular weight is 110 g/mol. The summed E-state index contributed by atoms with van der Waals surface area (Å²) in [5, 5.41) is 0. The van der Waals surface area contributed by atoms with E-state index in [-0.39, 0.29) is 12.4 Å². The first kappa shape index (κ1) is 4.15. The van der Waals surface area contributed by atoms with Gasteiger partial charge in [0.2, 0.25) is 6.29 Å². The quantitative estimate of drug-likeness (QED) is 0.430. The lowest BCUT2D eigenvalue weighted by molar-refractivity contribution is 0.131. The summed E-state index contributed by atoms with van der Waals surface area (Å²) < 4.78 is 10.0. The van der Waals surface area contributed by atoms with Gasteiger partial charge in [-0.2, -0.15) is 0 Å². The van der Waals surface area contributed by atoms with Gasteiger partial charge in [-0.05, 0) is 12.2 Å². The van der Waals surface area contributed by atoms with Crippen molar-refractivity contribution in [2.24, 2.45) is 0 Å². The first-order valence-corrected chi connectivity index (χ1v) is 2.61. The second-order valence-corrected chi connectivity index (χ2v) is 1.82. The van der Waals surface area contributed by atoms with Crippen LogP contribution in [0.5, 0.6) is 0 Å². The molecule has 0 radical (unpaired) electrons. The van der Waals surface area contributed by atoms with E-state index in [9.17, 15) is 0 Å². The number of rotatable bonds is 0. The van der Waals surface area contributed by atoms with Crippen molar-refractivity contribution < 1.29 is 9.47 Å². The fourth-order valence-corrected chi connectivity index (χ4v) is 0.697. The molecule has 2 rings (SSSR count). The van der Waals surface area contributed by atoms with Crippen molar-refractivity contribution in [3.05, 3.63) is 24.5 Å². The molecule has 2 nitrogen and oxygen atoms in total. The van der Waals surface area contributed by atoms with E-state index in [4.69, 9.17) is 9.47 Å². The maximum Gasteiger partial charge on any atom is 0.230 e. The van der Waals surface area contributed by atoms with Crippen LogP contribution in [0.3, 0.4) is 0 Å². The SMILES string of the molecule is C1=COC2OC2C=C1. The third-order valence-electron chi connectivity index (χ3n) is 1.19. The third-order valence-corrected chi connectivity index (χ3v) is 1.19. The first-order chi connectivity index (χ1) is 3.97. The second-order valence-electron chi connectivity index (χ2n) is 1.82. The largest absolute Gasteiger partial charge is 0.469 e. The molecule has 0 saturated carbocycles. The van der Waals surface area contributed by atoms with Crippen LogP contribution in [0.2, 0.25) is 0 Å². The van der Waals surface area contributed by atoms with Crippen molar-refractivity contribution in [2.75, 3.05) is 0 Å². The molecule has 2 heteroatoms. The molecular formula is C6H6O2. The molecule has 1 saturated heterocycles. The summed E-state index contributed by atoms with van der Waals surface area (Å²) >= 11 is 0. The Balaban J connectivity index is 2.14. The van der Waals surface area contributed by atoms with Gasteiger partial charge in [0.25, 0.3) is 0 Å². The number of hydrogen-bond acceptors (Lipinski definition) is 2. The number of hydrogen-bond donors (Lipinski definition) is 0. The Bertz CT molecular complexity index is 149. The Morgan fingerprint density at radius 3 is 3.25 bits per heavy atom. The molecule has 2 aliphatic rings. The van der Waals surface area contributed by atoms with Gasteiger partial charge in [-0.25, -0.2) is 0 Å². The van der Waals surface area contributed by atoms with Gasteiger partial charge in [0, 0.05) is 0 Å². The summed E-state index contributed by atoms with van der Waals surface area (Å²) in [4.78, 5) is 0. The molecule has 42 valence electrons. The molecule has 0 amide bonds. The van der Waals surface area contributed by atoms with E-state index in [1.54, 1.807) is 6.26 Å². The summed E-state index contributed by atoms with van der Waals surface area (Å²) in [6.07, 6.45) is 7.66. The normalized spacial score (nSPS) is 40.0. The van der Waals surface area contributed by atoms with E-state index >= 15 is 0 Å². The smallest absolute Gasteiger partial charge is 0.230 e. The molecule has 0 N–H and O–H groups in total. The standard InChI is InChI=1S/C6H6O2/c1-2-4-7-6-5(3-1)8-6/h1-6H. The molecular weight excluding hydrogens is 104 g/mol. The van der Waals surface area contributed by atoms with E-state index in [1.807, 2.05) is 18.2 Å². The lowest BCUT2D eigenvalue weighted by atomic mass is 10.4. The van der Waals surface area contributed by atoms with Gasteiger partial charge in [-0.1, -0.05) is 6.08 Å². The molecule has 2 aliphatic heterocycles. The zero-order valence-electron chi connectivity index (χ0n) is 4.28. The number of ether oxygens (including phenoxy) is 2. The molecule has 0 aliphatic carbocycles. The summed E-state index contributed by atoms with van der Waals surface area (Å²) in [5.41, 5.74) is 0. The molecule has 2 atom stereocenters. The topological polar surface area (TPSA) is 21.8 Å². The molecule has 0 bridgehead atoms. The highest BCUT2D eigenvalue weighted by atomic mass is 16.8. The van der Waals surface area contributed by atoms with Gasteiger partial charge in [-0.3, -0.25) is 0 Å². The Morgan fingerprint density at radius 2 is 2.25 bits per heavy atom. The fourth-order valence-electron chi connectivity index (χ4n) is 0.697. The lowest BCUT2D eigenvalue weighted by Crippen LogP contribution is -1.88. The van der Waals surface area contributed by atoms with Crippen LogP contribution in [-0.2, 0) is 9.47 Å². The second kappa shape index (κ2) is 1.36. The van der Waals surface area contributed by atoms with Gasteiger partial charge < -0.3 is 9.47 Å². The molecule has 1 fully saturated rings. The van der Waals surface area contributed by atoms with E-state index in [2.05, 4.69) is 0 Å². The van der Waals surface area contributed by atoms with E-state index in [1.165, 1.54) is 0 Å². The monoisotopic (exact) mass is 110 g/mol. The molecule has 2 unspecified atom stereocenters. The molecule has 0 aromatic heterocycles. The predicted molar refractivity (Wildman–Crippen MR) is 28.0 cm³/mol. The maximum atomic E-state index is 5.01. The van der Waals surface area contributed by atoms with Crippen LogP contribution in [0.15, 0.2) is 24.5 Å². The Kier molecular flexibility index (Phi) is 0.704. The zero-order chi connectivity index (χ0) is 5.40. The highest BCUT2D eigenvalue weighted by Gasteiger charge is 2.38. The van der Waals surface area contributed by atoms with Crippen LogP contribution in [0.25, 0.3) is 0 Å². The van der Waals surface area contributed by atoms with E-state index < -0.39 is 0 Å². The Labute approximate surface area is 47.4 Å². The molecule has 0 aromatic carbocycles. The van der Waals surface area contributed by atoms with Crippen molar-refractivity contribution in [3.63, 3.8) is 0 Å². The third kappa shape index (κ3) is 0.537. The van der Waals surface area contributed by atoms with Gasteiger partial charge in [0.15, 0.2) is 0 Å². The summed E-state index contributed by atoms with van der Waals surface area (Å²) in [7, 11) is 0. The van der Waals surface area contributed by atoms with Gasteiger partial charge in [-0.15, -0.1) is 0 Å². The maximum absolute atomic E-state index is 5.01. The minimum absolute atomic E-state index is 0.0185. The molecule has 0 spiro atoms. The predicted octanol–water partition coefficient (Wildman–Crippen LogP) is 0.811. The van der Waals surface area contributed by atoms with Crippen molar-refractivity contribution >= 4 is 0 Å². The Hall–Kier alpha value is -0.760. The van der Waals surface area contributed by atoms with Gasteiger partial charge in [0.05, 0.1) is 6.26 Å². The number of fused-ring (bicyclic) bond motifs is 1. The van der Waals surface area contributed by atoms with Gasteiger partial charge >= 0.3 is 0 Å². The number of epoxide rings is 1. The average Bonchev–Trinajstić information content (AvgIpc) is 2.36. The van der Waals surface area contributed by atoms with Crippen molar-refractivity contribution in [1.29, 1.82) is 0 Å². The van der Waals surface area contributed by atoms with Crippen LogP contribution in [0, 0.1) is 0 Å². The minimum Gasteiger partial charge on any atom is -0.469 e. The van der Waals surface area contributed by atoms with Crippen LogP contribution in [0.1, 0.15) is 0 Å². The highest BCUT2D eigenvalue weighted by Crippen LogP contribution is 2.25. The highest BCUT2D eigenvalue weighted by molar-refractivity contribution is 5.10. The summed E-state index contributed by atoms with van der Waals surface area (Å²) in [6.45, 7) is 0. The van der Waals surface area contributed by atoms with Crippen LogP contribution >= 0.6 is 0 Å². The number of allylic oxidation sites excluding steroid dienone is 2. The van der Waals surface area contributed by atoms with Crippen molar-refractivity contribution in [1.82, 2.24) is 0 Å². The van der Waals surface area contributed by atoms with Crippen LogP contribution < -0.4 is 0 Å². The summed E-state index contributed by atoms with van der Waals surface area (Å²) in [5.74, 6) is 0. The molecule has 8 heavy (non-hydrogen) atoms. The zero-order valence-corrected chi connectivity index (χ0v) is 4.28.